The van der Waals surface area contributed by atoms with Crippen molar-refractivity contribution < 1.29 is 4.39 Å². The highest BCUT2D eigenvalue weighted by Crippen LogP contribution is 2.49. The molecule has 1 saturated carbocycles. The van der Waals surface area contributed by atoms with Crippen molar-refractivity contribution in [1.82, 2.24) is 36.2 Å². The van der Waals surface area contributed by atoms with Gasteiger partial charge in [-0.05, 0) is 115 Å². The quantitative estimate of drug-likeness (QED) is 0.324. The highest BCUT2D eigenvalue weighted by Gasteiger charge is 2.52. The summed E-state index contributed by atoms with van der Waals surface area (Å²) in [6, 6.07) is 14.6. The van der Waals surface area contributed by atoms with Crippen LogP contribution in [0.25, 0.3) is 5.70 Å². The molecule has 2 heterocycles. The molecule has 8 nitrogen and oxygen atoms in total. The molecule has 0 radical (unpaired) electrons. The highest BCUT2D eigenvalue weighted by atomic mass is 19.1. The van der Waals surface area contributed by atoms with E-state index in [1.54, 1.807) is 6.07 Å². The average molecular weight is 553 g/mol. The van der Waals surface area contributed by atoms with Gasteiger partial charge in [-0.2, -0.15) is 5.26 Å². The Hall–Kier alpha value is -4.03. The van der Waals surface area contributed by atoms with Gasteiger partial charge in [0.25, 0.3) is 0 Å². The second-order valence-corrected chi connectivity index (χ2v) is 12.0. The number of benzene rings is 2. The van der Waals surface area contributed by atoms with Gasteiger partial charge in [0.15, 0.2) is 5.82 Å². The first-order valence-electron chi connectivity index (χ1n) is 14.5. The van der Waals surface area contributed by atoms with E-state index in [2.05, 4.69) is 87.4 Å². The number of piperidine rings is 1. The van der Waals surface area contributed by atoms with E-state index in [-0.39, 0.29) is 17.9 Å². The second kappa shape index (κ2) is 10.7. The minimum Gasteiger partial charge on any atom is -0.383 e. The van der Waals surface area contributed by atoms with E-state index < -0.39 is 5.41 Å². The molecule has 3 unspecified atom stereocenters. The normalized spacial score (nSPS) is 24.2. The number of rotatable bonds is 10. The lowest BCUT2D eigenvalue weighted by Gasteiger charge is -2.35. The zero-order valence-electron chi connectivity index (χ0n) is 23.8. The van der Waals surface area contributed by atoms with E-state index in [0.29, 0.717) is 43.7 Å². The third-order valence-electron chi connectivity index (χ3n) is 8.94. The summed E-state index contributed by atoms with van der Waals surface area (Å²) >= 11 is 0. The molecule has 3 aromatic rings. The molecule has 3 N–H and O–H groups in total. The van der Waals surface area contributed by atoms with E-state index in [0.717, 1.165) is 52.9 Å². The highest BCUT2D eigenvalue weighted by molar-refractivity contribution is 5.65. The van der Waals surface area contributed by atoms with Crippen LogP contribution in [0.3, 0.4) is 0 Å². The third kappa shape index (κ3) is 4.91. The number of nitrogens with zero attached hydrogens (tertiary/aromatic N) is 5. The zero-order chi connectivity index (χ0) is 28.7. The van der Waals surface area contributed by atoms with Crippen LogP contribution in [-0.2, 0) is 18.3 Å². The van der Waals surface area contributed by atoms with Crippen molar-refractivity contribution >= 4 is 5.70 Å². The predicted octanol–water partition coefficient (Wildman–Crippen LogP) is 4.22. The van der Waals surface area contributed by atoms with Crippen LogP contribution in [0, 0.1) is 23.1 Å². The number of aromatic amines is 1. The molecule has 6 rings (SSSR count). The van der Waals surface area contributed by atoms with Gasteiger partial charge in [0.1, 0.15) is 11.9 Å². The topological polar surface area (TPSA) is 106 Å². The number of likely N-dealkylation sites (tertiary alicyclic amines) is 1. The maximum atomic E-state index is 14.6. The van der Waals surface area contributed by atoms with Gasteiger partial charge in [0.05, 0.1) is 11.5 Å². The van der Waals surface area contributed by atoms with E-state index >= 15 is 0 Å². The molecule has 3 aliphatic rings. The molecule has 1 aromatic heterocycles. The Morgan fingerprint density at radius 2 is 1.93 bits per heavy atom. The lowest BCUT2D eigenvalue weighted by atomic mass is 9.69. The molecule has 4 atom stereocenters. The van der Waals surface area contributed by atoms with Crippen molar-refractivity contribution in [3.63, 3.8) is 0 Å². The van der Waals surface area contributed by atoms with Crippen molar-refractivity contribution in [2.24, 2.45) is 5.92 Å². The fourth-order valence-corrected chi connectivity index (χ4v) is 7.05. The summed E-state index contributed by atoms with van der Waals surface area (Å²) in [4.78, 5) is 2.21. The average Bonchev–Trinajstić information content (AvgIpc) is 3.34. The van der Waals surface area contributed by atoms with Gasteiger partial charge >= 0.3 is 0 Å². The molecule has 41 heavy (non-hydrogen) atoms. The number of fused-ring (bicyclic) bond motifs is 3. The molecule has 2 fully saturated rings. The molecule has 212 valence electrons. The van der Waals surface area contributed by atoms with E-state index in [1.165, 1.54) is 11.6 Å². The number of aryl methyl sites for hydroxylation is 2. The Kier molecular flexibility index (Phi) is 7.12. The number of hydrogen-bond acceptors (Lipinski definition) is 7. The lowest BCUT2D eigenvalue weighted by Crippen LogP contribution is -2.38. The zero-order valence-corrected chi connectivity index (χ0v) is 23.8. The summed E-state index contributed by atoms with van der Waals surface area (Å²) in [5.41, 5.74) is 6.38. The SMILES string of the molecule is C=C(NC(C)C)c1ccc2c(c1)CCc1cc(F)ccc1C2(CCNCC(=C)N1C(C#N)C[C@@H]2CC21)c1nnn[nH]1. The van der Waals surface area contributed by atoms with Crippen LogP contribution < -0.4 is 10.6 Å². The monoisotopic (exact) mass is 552 g/mol. The van der Waals surface area contributed by atoms with Crippen molar-refractivity contribution in [3.05, 3.63) is 94.7 Å². The Morgan fingerprint density at radius 3 is 2.63 bits per heavy atom. The minimum atomic E-state index is -0.720. The molecule has 0 amide bonds. The number of H-pyrrole nitrogens is 1. The first kappa shape index (κ1) is 27.2. The van der Waals surface area contributed by atoms with Crippen molar-refractivity contribution in [1.29, 1.82) is 5.26 Å². The first-order valence-corrected chi connectivity index (χ1v) is 14.5. The summed E-state index contributed by atoms with van der Waals surface area (Å²) in [6.45, 7) is 14.0. The fraction of sp³-hybridized carbons (Fsp3) is 0.438. The van der Waals surface area contributed by atoms with Crippen LogP contribution >= 0.6 is 0 Å². The Balaban J connectivity index is 1.34. The molecule has 1 aliphatic heterocycles. The van der Waals surface area contributed by atoms with E-state index in [1.807, 2.05) is 6.07 Å². The van der Waals surface area contributed by atoms with E-state index in [9.17, 15) is 9.65 Å². The molecule has 0 bridgehead atoms. The number of hydrogen-bond donors (Lipinski definition) is 3. The predicted molar refractivity (Wildman–Crippen MR) is 156 cm³/mol. The van der Waals surface area contributed by atoms with E-state index in [4.69, 9.17) is 0 Å². The van der Waals surface area contributed by atoms with Crippen LogP contribution in [0.2, 0.25) is 0 Å². The molecular weight excluding hydrogens is 515 g/mol. The Morgan fingerprint density at radius 1 is 1.17 bits per heavy atom. The maximum Gasteiger partial charge on any atom is 0.163 e. The van der Waals surface area contributed by atoms with Crippen LogP contribution in [-0.4, -0.2) is 56.7 Å². The van der Waals surface area contributed by atoms with Crippen molar-refractivity contribution in [2.75, 3.05) is 13.1 Å². The smallest absolute Gasteiger partial charge is 0.163 e. The van der Waals surface area contributed by atoms with Gasteiger partial charge in [0.2, 0.25) is 0 Å². The molecule has 9 heteroatoms. The summed E-state index contributed by atoms with van der Waals surface area (Å²) in [6.07, 6.45) is 4.20. The Bertz CT molecular complexity index is 1510. The summed E-state index contributed by atoms with van der Waals surface area (Å²) in [7, 11) is 0. The minimum absolute atomic E-state index is 0.0794. The van der Waals surface area contributed by atoms with Crippen molar-refractivity contribution in [2.45, 2.75) is 69.5 Å². The van der Waals surface area contributed by atoms with Gasteiger partial charge in [-0.25, -0.2) is 9.49 Å². The molecule has 2 aliphatic carbocycles. The van der Waals surface area contributed by atoms with Gasteiger partial charge in [-0.1, -0.05) is 31.4 Å². The van der Waals surface area contributed by atoms with Crippen LogP contribution in [0.15, 0.2) is 55.3 Å². The largest absolute Gasteiger partial charge is 0.383 e. The number of halogens is 1. The molecule has 1 saturated heterocycles. The number of tetrazole rings is 1. The first-order chi connectivity index (χ1) is 19.8. The number of nitriles is 1. The fourth-order valence-electron chi connectivity index (χ4n) is 7.05. The summed E-state index contributed by atoms with van der Waals surface area (Å²) in [5, 5.41) is 32.1. The Labute approximate surface area is 240 Å². The van der Waals surface area contributed by atoms with Crippen LogP contribution in [0.4, 0.5) is 4.39 Å². The second-order valence-electron chi connectivity index (χ2n) is 12.0. The maximum absolute atomic E-state index is 14.6. The standard InChI is InChI=1S/C32H37FN8/c1-19(2)36-21(4)22-7-9-28-23(13-22)5-6-24-14-26(33)8-10-29(24)32(28,31-37-39-40-38-31)11-12-35-18-20(3)41-27(17-34)15-25-16-30(25)41/h7-10,13-14,19,25,27,30,35-36H,3-6,11-12,15-16,18H2,1-2H3,(H,37,38,39,40)/t25-,27?,30?,32?/m1/s1. The third-order valence-corrected chi connectivity index (χ3v) is 8.94. The lowest BCUT2D eigenvalue weighted by molar-refractivity contribution is 0.316. The van der Waals surface area contributed by atoms with Gasteiger partial charge < -0.3 is 15.5 Å². The van der Waals surface area contributed by atoms with Crippen LogP contribution in [0.5, 0.6) is 0 Å². The molecular formula is C32H37FN8. The van der Waals surface area contributed by atoms with Gasteiger partial charge in [-0.3, -0.25) is 0 Å². The van der Waals surface area contributed by atoms with Crippen molar-refractivity contribution in [3.8, 4) is 6.07 Å². The molecule has 0 spiro atoms. The summed E-state index contributed by atoms with van der Waals surface area (Å²) < 4.78 is 14.6. The van der Waals surface area contributed by atoms with Gasteiger partial charge in [0, 0.05) is 30.0 Å². The van der Waals surface area contributed by atoms with Gasteiger partial charge in [-0.15, -0.1) is 5.10 Å². The summed E-state index contributed by atoms with van der Waals surface area (Å²) in [5.74, 6) is 1.01. The number of aromatic nitrogens is 4. The number of nitrogens with one attached hydrogen (secondary N) is 3. The van der Waals surface area contributed by atoms with Crippen LogP contribution in [0.1, 0.15) is 66.8 Å². The molecule has 2 aromatic carbocycles.